The lowest BCUT2D eigenvalue weighted by Crippen LogP contribution is -2.47. The van der Waals surface area contributed by atoms with Gasteiger partial charge in [0.2, 0.25) is 0 Å². The van der Waals surface area contributed by atoms with Crippen LogP contribution in [0.2, 0.25) is 0 Å². The third kappa shape index (κ3) is 3.62. The van der Waals surface area contributed by atoms with Gasteiger partial charge in [-0.1, -0.05) is 0 Å². The molecule has 0 atom stereocenters. The van der Waals surface area contributed by atoms with Crippen LogP contribution in [-0.4, -0.2) is 74.1 Å². The number of piperidine rings is 1. The highest BCUT2D eigenvalue weighted by molar-refractivity contribution is 5.99. The van der Waals surface area contributed by atoms with Crippen LogP contribution in [0, 0.1) is 10.1 Å². The van der Waals surface area contributed by atoms with Crippen molar-refractivity contribution in [3.8, 4) is 0 Å². The van der Waals surface area contributed by atoms with Crippen LogP contribution in [0.3, 0.4) is 0 Å². The molecule has 1 aromatic carbocycles. The first-order valence-corrected chi connectivity index (χ1v) is 9.26. The SMILES string of the molecule is O=C(c1cc(N2CCOCC2)ccc1[N+](=O)[O-])N1CCC2(CC1)OCCO2. The summed E-state index contributed by atoms with van der Waals surface area (Å²) in [6.45, 7) is 4.67. The zero-order valence-electron chi connectivity index (χ0n) is 15.1. The number of anilines is 1. The van der Waals surface area contributed by atoms with Crippen molar-refractivity contribution in [2.45, 2.75) is 18.6 Å². The summed E-state index contributed by atoms with van der Waals surface area (Å²) < 4.78 is 16.7. The molecule has 3 heterocycles. The van der Waals surface area contributed by atoms with E-state index in [-0.39, 0.29) is 17.2 Å². The summed E-state index contributed by atoms with van der Waals surface area (Å²) in [6, 6.07) is 4.76. The molecule has 9 nitrogen and oxygen atoms in total. The molecule has 0 bridgehead atoms. The number of nitrogens with zero attached hydrogens (tertiary/aromatic N) is 3. The van der Waals surface area contributed by atoms with E-state index in [9.17, 15) is 14.9 Å². The second-order valence-electron chi connectivity index (χ2n) is 6.96. The molecule has 3 saturated heterocycles. The number of rotatable bonds is 3. The molecular formula is C18H23N3O6. The molecule has 0 radical (unpaired) electrons. The van der Waals surface area contributed by atoms with Crippen molar-refractivity contribution in [1.82, 2.24) is 4.90 Å². The fourth-order valence-electron chi connectivity index (χ4n) is 3.88. The number of benzene rings is 1. The monoisotopic (exact) mass is 377 g/mol. The van der Waals surface area contributed by atoms with Crippen LogP contribution in [0.4, 0.5) is 11.4 Å². The molecule has 27 heavy (non-hydrogen) atoms. The number of likely N-dealkylation sites (tertiary alicyclic amines) is 1. The van der Waals surface area contributed by atoms with E-state index < -0.39 is 10.7 Å². The van der Waals surface area contributed by atoms with Gasteiger partial charge in [0.05, 0.1) is 31.4 Å². The van der Waals surface area contributed by atoms with Crippen molar-refractivity contribution in [2.24, 2.45) is 0 Å². The second-order valence-corrected chi connectivity index (χ2v) is 6.96. The molecule has 3 fully saturated rings. The first kappa shape index (κ1) is 18.1. The van der Waals surface area contributed by atoms with E-state index in [0.29, 0.717) is 65.4 Å². The van der Waals surface area contributed by atoms with E-state index in [2.05, 4.69) is 4.90 Å². The van der Waals surface area contributed by atoms with Crippen molar-refractivity contribution in [2.75, 3.05) is 57.5 Å². The topological polar surface area (TPSA) is 94.4 Å². The van der Waals surface area contributed by atoms with Gasteiger partial charge >= 0.3 is 0 Å². The van der Waals surface area contributed by atoms with Gasteiger partial charge in [0.15, 0.2) is 5.79 Å². The Balaban J connectivity index is 1.55. The molecule has 3 aliphatic heterocycles. The normalized spacial score (nSPS) is 22.2. The molecule has 0 saturated carbocycles. The highest BCUT2D eigenvalue weighted by Crippen LogP contribution is 2.33. The number of hydrogen-bond donors (Lipinski definition) is 0. The Morgan fingerprint density at radius 3 is 2.33 bits per heavy atom. The summed E-state index contributed by atoms with van der Waals surface area (Å²) in [5.74, 6) is -0.900. The van der Waals surface area contributed by atoms with E-state index >= 15 is 0 Å². The van der Waals surface area contributed by atoms with Crippen LogP contribution < -0.4 is 4.90 Å². The summed E-state index contributed by atoms with van der Waals surface area (Å²) >= 11 is 0. The van der Waals surface area contributed by atoms with Crippen molar-refractivity contribution in [3.05, 3.63) is 33.9 Å². The van der Waals surface area contributed by atoms with Crippen molar-refractivity contribution < 1.29 is 23.9 Å². The van der Waals surface area contributed by atoms with Gasteiger partial charge in [-0.2, -0.15) is 0 Å². The Morgan fingerprint density at radius 2 is 1.70 bits per heavy atom. The number of nitro benzene ring substituents is 1. The molecule has 0 unspecified atom stereocenters. The zero-order valence-corrected chi connectivity index (χ0v) is 15.1. The third-order valence-electron chi connectivity index (χ3n) is 5.41. The minimum Gasteiger partial charge on any atom is -0.378 e. The van der Waals surface area contributed by atoms with Crippen LogP contribution in [0.1, 0.15) is 23.2 Å². The lowest BCUT2D eigenvalue weighted by atomic mass is 10.0. The Labute approximate surface area is 156 Å². The summed E-state index contributed by atoms with van der Waals surface area (Å²) in [5.41, 5.74) is 0.780. The number of morpholine rings is 1. The van der Waals surface area contributed by atoms with Crippen LogP contribution >= 0.6 is 0 Å². The van der Waals surface area contributed by atoms with E-state index in [0.717, 1.165) is 5.69 Å². The number of carbonyl (C=O) groups is 1. The number of carbonyl (C=O) groups excluding carboxylic acids is 1. The molecule has 9 heteroatoms. The number of amides is 1. The van der Waals surface area contributed by atoms with Crippen LogP contribution in [0.25, 0.3) is 0 Å². The minimum atomic E-state index is -0.585. The maximum atomic E-state index is 13.1. The zero-order chi connectivity index (χ0) is 18.9. The van der Waals surface area contributed by atoms with E-state index in [1.165, 1.54) is 6.07 Å². The van der Waals surface area contributed by atoms with Gasteiger partial charge in [-0.3, -0.25) is 14.9 Å². The second kappa shape index (κ2) is 7.41. The van der Waals surface area contributed by atoms with Crippen LogP contribution in [-0.2, 0) is 14.2 Å². The Bertz CT molecular complexity index is 718. The average molecular weight is 377 g/mol. The van der Waals surface area contributed by atoms with E-state index in [1.54, 1.807) is 17.0 Å². The van der Waals surface area contributed by atoms with E-state index in [4.69, 9.17) is 14.2 Å². The molecule has 0 aromatic heterocycles. The fourth-order valence-corrected chi connectivity index (χ4v) is 3.88. The maximum Gasteiger partial charge on any atom is 0.282 e. The molecule has 0 N–H and O–H groups in total. The van der Waals surface area contributed by atoms with Gasteiger partial charge in [0, 0.05) is 50.8 Å². The lowest BCUT2D eigenvalue weighted by molar-refractivity contribution is -0.385. The van der Waals surface area contributed by atoms with Crippen molar-refractivity contribution in [3.63, 3.8) is 0 Å². The minimum absolute atomic E-state index is 0.133. The highest BCUT2D eigenvalue weighted by atomic mass is 16.7. The van der Waals surface area contributed by atoms with Gasteiger partial charge < -0.3 is 24.0 Å². The molecule has 146 valence electrons. The molecule has 3 aliphatic rings. The standard InChI is InChI=1S/C18H23N3O6/c22-17(20-5-3-18(4-6-20)26-11-12-27-18)15-13-14(1-2-16(15)21(23)24)19-7-9-25-10-8-19/h1-2,13H,3-12H2. The van der Waals surface area contributed by atoms with Crippen molar-refractivity contribution in [1.29, 1.82) is 0 Å². The van der Waals surface area contributed by atoms with Gasteiger partial charge in [0.25, 0.3) is 11.6 Å². The number of nitro groups is 1. The first-order valence-electron chi connectivity index (χ1n) is 9.26. The predicted molar refractivity (Wildman–Crippen MR) is 95.9 cm³/mol. The van der Waals surface area contributed by atoms with E-state index in [1.807, 2.05) is 0 Å². The van der Waals surface area contributed by atoms with Gasteiger partial charge in [-0.15, -0.1) is 0 Å². The molecule has 0 aliphatic carbocycles. The summed E-state index contributed by atoms with van der Waals surface area (Å²) in [5, 5.41) is 11.5. The maximum absolute atomic E-state index is 13.1. The summed E-state index contributed by atoms with van der Waals surface area (Å²) in [4.78, 5) is 27.8. The highest BCUT2D eigenvalue weighted by Gasteiger charge is 2.41. The number of ether oxygens (including phenoxy) is 3. The van der Waals surface area contributed by atoms with Crippen molar-refractivity contribution >= 4 is 17.3 Å². The first-order chi connectivity index (χ1) is 13.1. The van der Waals surface area contributed by atoms with Gasteiger partial charge in [0.1, 0.15) is 5.56 Å². The Morgan fingerprint density at radius 1 is 1.04 bits per heavy atom. The quantitative estimate of drug-likeness (QED) is 0.581. The molecule has 1 spiro atoms. The summed E-state index contributed by atoms with van der Waals surface area (Å²) in [6.07, 6.45) is 1.16. The van der Waals surface area contributed by atoms with Gasteiger partial charge in [-0.05, 0) is 12.1 Å². The number of hydrogen-bond acceptors (Lipinski definition) is 7. The smallest absolute Gasteiger partial charge is 0.282 e. The third-order valence-corrected chi connectivity index (χ3v) is 5.41. The predicted octanol–water partition coefficient (Wildman–Crippen LogP) is 1.41. The van der Waals surface area contributed by atoms with Crippen LogP contribution in [0.5, 0.6) is 0 Å². The Kier molecular flexibility index (Phi) is 4.98. The molecule has 4 rings (SSSR count). The molecular weight excluding hydrogens is 354 g/mol. The fraction of sp³-hybridized carbons (Fsp3) is 0.611. The molecule has 1 amide bonds. The Hall–Kier alpha value is -2.23. The lowest BCUT2D eigenvalue weighted by Gasteiger charge is -2.37. The largest absolute Gasteiger partial charge is 0.378 e. The summed E-state index contributed by atoms with van der Waals surface area (Å²) in [7, 11) is 0. The average Bonchev–Trinajstić information content (AvgIpc) is 3.16. The van der Waals surface area contributed by atoms with Gasteiger partial charge in [-0.25, -0.2) is 0 Å². The van der Waals surface area contributed by atoms with Crippen LogP contribution in [0.15, 0.2) is 18.2 Å². The molecule has 1 aromatic rings.